The maximum absolute atomic E-state index is 11.7. The summed E-state index contributed by atoms with van der Waals surface area (Å²) in [6.07, 6.45) is 0. The van der Waals surface area contributed by atoms with Gasteiger partial charge in [0.15, 0.2) is 0 Å². The van der Waals surface area contributed by atoms with Gasteiger partial charge in [0.05, 0.1) is 18.0 Å². The summed E-state index contributed by atoms with van der Waals surface area (Å²) in [5.41, 5.74) is 6.26. The second kappa shape index (κ2) is 6.36. The molecule has 2 aromatic rings. The predicted molar refractivity (Wildman–Crippen MR) is 75.7 cm³/mol. The first kappa shape index (κ1) is 12.8. The highest BCUT2D eigenvalue weighted by molar-refractivity contribution is 7.12. The Morgan fingerprint density at radius 1 is 1.44 bits per heavy atom. The molecule has 0 atom stereocenters. The van der Waals surface area contributed by atoms with Crippen molar-refractivity contribution in [2.24, 2.45) is 5.73 Å². The zero-order chi connectivity index (χ0) is 12.8. The summed E-state index contributed by atoms with van der Waals surface area (Å²) in [6.45, 7) is 0.895. The van der Waals surface area contributed by atoms with Crippen LogP contribution in [-0.2, 0) is 6.54 Å². The SMILES string of the molecule is NCC#Cc1csc(CNC(=O)c2cccs2)c1. The van der Waals surface area contributed by atoms with E-state index in [1.165, 1.54) is 11.3 Å². The van der Waals surface area contributed by atoms with Crippen molar-refractivity contribution < 1.29 is 4.79 Å². The van der Waals surface area contributed by atoms with Gasteiger partial charge in [0, 0.05) is 15.8 Å². The highest BCUT2D eigenvalue weighted by Crippen LogP contribution is 2.14. The van der Waals surface area contributed by atoms with Crippen molar-refractivity contribution in [1.82, 2.24) is 5.32 Å². The summed E-state index contributed by atoms with van der Waals surface area (Å²) in [6, 6.07) is 5.65. The van der Waals surface area contributed by atoms with Gasteiger partial charge in [-0.25, -0.2) is 0 Å². The van der Waals surface area contributed by atoms with Crippen LogP contribution in [0.5, 0.6) is 0 Å². The van der Waals surface area contributed by atoms with Crippen LogP contribution in [0.2, 0.25) is 0 Å². The van der Waals surface area contributed by atoms with E-state index < -0.39 is 0 Å². The minimum atomic E-state index is -0.0343. The Morgan fingerprint density at radius 3 is 3.06 bits per heavy atom. The molecule has 0 bridgehead atoms. The van der Waals surface area contributed by atoms with E-state index in [2.05, 4.69) is 17.2 Å². The molecule has 5 heteroatoms. The third-order valence-corrected chi connectivity index (χ3v) is 3.96. The van der Waals surface area contributed by atoms with Crippen LogP contribution < -0.4 is 11.1 Å². The average molecular weight is 276 g/mol. The lowest BCUT2D eigenvalue weighted by Gasteiger charge is -2.00. The van der Waals surface area contributed by atoms with Gasteiger partial charge in [0.2, 0.25) is 0 Å². The van der Waals surface area contributed by atoms with Gasteiger partial charge in [-0.05, 0) is 17.5 Å². The van der Waals surface area contributed by atoms with Crippen LogP contribution in [0.25, 0.3) is 0 Å². The number of nitrogens with one attached hydrogen (secondary N) is 1. The van der Waals surface area contributed by atoms with Crippen LogP contribution in [0.3, 0.4) is 0 Å². The van der Waals surface area contributed by atoms with Gasteiger partial charge < -0.3 is 11.1 Å². The van der Waals surface area contributed by atoms with E-state index in [1.54, 1.807) is 11.3 Å². The summed E-state index contributed by atoms with van der Waals surface area (Å²) in [7, 11) is 0. The largest absolute Gasteiger partial charge is 0.346 e. The first-order valence-corrected chi connectivity index (χ1v) is 7.13. The Bertz CT molecular complexity index is 576. The highest BCUT2D eigenvalue weighted by Gasteiger charge is 2.06. The smallest absolute Gasteiger partial charge is 0.261 e. The second-order valence-electron chi connectivity index (χ2n) is 3.47. The van der Waals surface area contributed by atoms with Crippen molar-refractivity contribution >= 4 is 28.6 Å². The number of rotatable bonds is 3. The summed E-state index contributed by atoms with van der Waals surface area (Å²) in [5, 5.41) is 6.74. The Kier molecular flexibility index (Phi) is 4.53. The van der Waals surface area contributed by atoms with Crippen molar-refractivity contribution in [1.29, 1.82) is 0 Å². The quantitative estimate of drug-likeness (QED) is 0.843. The molecule has 0 unspecified atom stereocenters. The molecule has 2 aromatic heterocycles. The van der Waals surface area contributed by atoms with Crippen molar-refractivity contribution in [2.45, 2.75) is 6.54 Å². The molecule has 3 nitrogen and oxygen atoms in total. The molecular formula is C13H12N2OS2. The summed E-state index contributed by atoms with van der Waals surface area (Å²) in [5.74, 6) is 5.73. The van der Waals surface area contributed by atoms with E-state index in [0.717, 1.165) is 15.3 Å². The molecule has 0 aliphatic heterocycles. The van der Waals surface area contributed by atoms with Crippen LogP contribution in [0, 0.1) is 11.8 Å². The Morgan fingerprint density at radius 2 is 2.33 bits per heavy atom. The third kappa shape index (κ3) is 3.44. The minimum absolute atomic E-state index is 0.0343. The molecule has 2 rings (SSSR count). The highest BCUT2D eigenvalue weighted by atomic mass is 32.1. The average Bonchev–Trinajstić information content (AvgIpc) is 3.04. The van der Waals surface area contributed by atoms with Gasteiger partial charge in [0.1, 0.15) is 0 Å². The van der Waals surface area contributed by atoms with Crippen LogP contribution >= 0.6 is 22.7 Å². The topological polar surface area (TPSA) is 55.1 Å². The Hall–Kier alpha value is -1.61. The lowest BCUT2D eigenvalue weighted by molar-refractivity contribution is 0.0955. The van der Waals surface area contributed by atoms with E-state index in [1.807, 2.05) is 29.0 Å². The zero-order valence-corrected chi connectivity index (χ0v) is 11.2. The van der Waals surface area contributed by atoms with E-state index in [9.17, 15) is 4.79 Å². The maximum Gasteiger partial charge on any atom is 0.261 e. The van der Waals surface area contributed by atoms with E-state index in [-0.39, 0.29) is 5.91 Å². The first-order chi connectivity index (χ1) is 8.79. The van der Waals surface area contributed by atoms with Gasteiger partial charge in [-0.3, -0.25) is 4.79 Å². The molecule has 3 N–H and O–H groups in total. The monoisotopic (exact) mass is 276 g/mol. The van der Waals surface area contributed by atoms with E-state index in [4.69, 9.17) is 5.73 Å². The fourth-order valence-electron chi connectivity index (χ4n) is 1.35. The second-order valence-corrected chi connectivity index (χ2v) is 5.41. The molecule has 0 saturated heterocycles. The number of thiophene rings is 2. The zero-order valence-electron chi connectivity index (χ0n) is 9.60. The summed E-state index contributed by atoms with van der Waals surface area (Å²) in [4.78, 5) is 13.5. The third-order valence-electron chi connectivity index (χ3n) is 2.16. The standard InChI is InChI=1S/C13H12N2OS2/c14-5-1-3-10-7-11(18-9-10)8-15-13(16)12-4-2-6-17-12/h2,4,6-7,9H,5,8,14H2,(H,15,16). The molecule has 0 fully saturated rings. The fraction of sp³-hybridized carbons (Fsp3) is 0.154. The van der Waals surface area contributed by atoms with Gasteiger partial charge in [-0.2, -0.15) is 0 Å². The Balaban J connectivity index is 1.90. The lowest BCUT2D eigenvalue weighted by atomic mass is 10.3. The summed E-state index contributed by atoms with van der Waals surface area (Å²) < 4.78 is 0. The van der Waals surface area contributed by atoms with Crippen LogP contribution in [-0.4, -0.2) is 12.5 Å². The molecule has 18 heavy (non-hydrogen) atoms. The number of carbonyl (C=O) groups excluding carboxylic acids is 1. The Labute approximate surface area is 114 Å². The van der Waals surface area contributed by atoms with Gasteiger partial charge in [0.25, 0.3) is 5.91 Å². The first-order valence-electron chi connectivity index (χ1n) is 5.37. The molecule has 1 amide bonds. The van der Waals surface area contributed by atoms with Crippen LogP contribution in [0.1, 0.15) is 20.1 Å². The fourth-order valence-corrected chi connectivity index (χ4v) is 2.75. The molecule has 0 spiro atoms. The molecule has 0 saturated carbocycles. The van der Waals surface area contributed by atoms with E-state index in [0.29, 0.717) is 13.1 Å². The molecule has 0 aliphatic rings. The van der Waals surface area contributed by atoms with E-state index >= 15 is 0 Å². The van der Waals surface area contributed by atoms with Crippen molar-refractivity contribution in [3.8, 4) is 11.8 Å². The molecule has 92 valence electrons. The minimum Gasteiger partial charge on any atom is -0.346 e. The predicted octanol–water partition coefficient (Wildman–Crippen LogP) is 2.05. The normalized spacial score (nSPS) is 9.61. The molecule has 0 aromatic carbocycles. The van der Waals surface area contributed by atoms with Gasteiger partial charge in [-0.15, -0.1) is 22.7 Å². The number of hydrogen-bond donors (Lipinski definition) is 2. The van der Waals surface area contributed by atoms with Crippen molar-refractivity contribution in [2.75, 3.05) is 6.54 Å². The maximum atomic E-state index is 11.7. The van der Waals surface area contributed by atoms with Gasteiger partial charge in [-0.1, -0.05) is 17.9 Å². The van der Waals surface area contributed by atoms with Crippen molar-refractivity contribution in [3.05, 3.63) is 44.3 Å². The number of carbonyl (C=O) groups is 1. The number of hydrogen-bond acceptors (Lipinski definition) is 4. The lowest BCUT2D eigenvalue weighted by Crippen LogP contribution is -2.21. The van der Waals surface area contributed by atoms with Crippen LogP contribution in [0.4, 0.5) is 0 Å². The molecule has 2 heterocycles. The number of nitrogens with two attached hydrogens (primary N) is 1. The van der Waals surface area contributed by atoms with Crippen LogP contribution in [0.15, 0.2) is 29.0 Å². The number of amides is 1. The molecule has 0 radical (unpaired) electrons. The molecular weight excluding hydrogens is 264 g/mol. The van der Waals surface area contributed by atoms with Gasteiger partial charge >= 0.3 is 0 Å². The van der Waals surface area contributed by atoms with Crippen molar-refractivity contribution in [3.63, 3.8) is 0 Å². The molecule has 0 aliphatic carbocycles. The summed E-state index contributed by atoms with van der Waals surface area (Å²) >= 11 is 3.02.